The molecule has 3 nitrogen and oxygen atoms in total. The van der Waals surface area contributed by atoms with Crippen molar-refractivity contribution in [1.29, 1.82) is 0 Å². The van der Waals surface area contributed by atoms with Crippen molar-refractivity contribution in [3.8, 4) is 0 Å². The van der Waals surface area contributed by atoms with Crippen LogP contribution in [0.4, 0.5) is 0 Å². The van der Waals surface area contributed by atoms with Crippen LogP contribution in [0.5, 0.6) is 0 Å². The zero-order valence-corrected chi connectivity index (χ0v) is 13.8. The average molecular weight is 306 g/mol. The molecule has 0 heterocycles. The molecule has 0 saturated heterocycles. The highest BCUT2D eigenvalue weighted by Crippen LogP contribution is 2.65. The number of hydrogen-bond acceptors (Lipinski definition) is 3. The van der Waals surface area contributed by atoms with Gasteiger partial charge in [0.25, 0.3) is 0 Å². The van der Waals surface area contributed by atoms with Crippen molar-refractivity contribution in [2.75, 3.05) is 0 Å². The summed E-state index contributed by atoms with van der Waals surface area (Å²) in [6.45, 7) is 4.61. The zero-order chi connectivity index (χ0) is 15.7. The van der Waals surface area contributed by atoms with Crippen molar-refractivity contribution in [3.05, 3.63) is 11.6 Å². The Balaban J connectivity index is 1.68. The third-order valence-electron chi connectivity index (χ3n) is 8.06. The highest BCUT2D eigenvalue weighted by molar-refractivity contribution is 5.25. The van der Waals surface area contributed by atoms with Gasteiger partial charge < -0.3 is 15.3 Å². The minimum Gasteiger partial charge on any atom is -0.390 e. The van der Waals surface area contributed by atoms with Gasteiger partial charge in [-0.15, -0.1) is 0 Å². The van der Waals surface area contributed by atoms with Crippen molar-refractivity contribution < 1.29 is 15.3 Å². The quantitative estimate of drug-likeness (QED) is 0.603. The summed E-state index contributed by atoms with van der Waals surface area (Å²) < 4.78 is 0. The molecule has 3 heteroatoms. The van der Waals surface area contributed by atoms with E-state index in [0.717, 1.165) is 38.5 Å². The fourth-order valence-corrected chi connectivity index (χ4v) is 6.70. The Morgan fingerprint density at radius 3 is 2.55 bits per heavy atom. The number of aliphatic hydroxyl groups is 3. The van der Waals surface area contributed by atoms with Gasteiger partial charge in [-0.3, -0.25) is 0 Å². The van der Waals surface area contributed by atoms with E-state index in [1.54, 1.807) is 0 Å². The van der Waals surface area contributed by atoms with Gasteiger partial charge in [0.2, 0.25) is 0 Å². The zero-order valence-electron chi connectivity index (χ0n) is 13.8. The predicted molar refractivity (Wildman–Crippen MR) is 85.1 cm³/mol. The van der Waals surface area contributed by atoms with E-state index in [9.17, 15) is 15.3 Å². The normalized spacial score (nSPS) is 57.6. The predicted octanol–water partition coefficient (Wildman–Crippen LogP) is 2.64. The molecule has 3 fully saturated rings. The summed E-state index contributed by atoms with van der Waals surface area (Å²) in [5, 5.41) is 30.7. The van der Waals surface area contributed by atoms with Gasteiger partial charge in [0.05, 0.1) is 18.3 Å². The van der Waals surface area contributed by atoms with Gasteiger partial charge >= 0.3 is 0 Å². The first kappa shape index (κ1) is 15.2. The van der Waals surface area contributed by atoms with Crippen LogP contribution in [0.1, 0.15) is 58.8 Å². The third kappa shape index (κ3) is 1.85. The smallest absolute Gasteiger partial charge is 0.0855 e. The monoisotopic (exact) mass is 306 g/mol. The van der Waals surface area contributed by atoms with Crippen molar-refractivity contribution in [2.24, 2.45) is 28.6 Å². The minimum absolute atomic E-state index is 0.0909. The largest absolute Gasteiger partial charge is 0.390 e. The van der Waals surface area contributed by atoms with E-state index in [4.69, 9.17) is 0 Å². The van der Waals surface area contributed by atoms with Gasteiger partial charge in [0.15, 0.2) is 0 Å². The van der Waals surface area contributed by atoms with Crippen molar-refractivity contribution in [1.82, 2.24) is 0 Å². The number of fused-ring (bicyclic) bond motifs is 5. The van der Waals surface area contributed by atoms with Gasteiger partial charge in [-0.25, -0.2) is 0 Å². The molecular weight excluding hydrogens is 276 g/mol. The van der Waals surface area contributed by atoms with Crippen LogP contribution in [0.15, 0.2) is 11.6 Å². The Kier molecular flexibility index (Phi) is 3.32. The summed E-state index contributed by atoms with van der Waals surface area (Å²) in [5.41, 5.74) is 1.63. The maximum atomic E-state index is 10.5. The highest BCUT2D eigenvalue weighted by atomic mass is 16.3. The highest BCUT2D eigenvalue weighted by Gasteiger charge is 2.60. The summed E-state index contributed by atoms with van der Waals surface area (Å²) in [4.78, 5) is 0. The molecule has 0 unspecified atom stereocenters. The molecule has 0 aromatic heterocycles. The van der Waals surface area contributed by atoms with Crippen LogP contribution in [-0.4, -0.2) is 33.6 Å². The molecule has 3 N–H and O–H groups in total. The molecule has 124 valence electrons. The Hall–Kier alpha value is -0.380. The van der Waals surface area contributed by atoms with Crippen LogP contribution < -0.4 is 0 Å². The molecule has 0 spiro atoms. The fourth-order valence-electron chi connectivity index (χ4n) is 6.70. The van der Waals surface area contributed by atoms with Crippen molar-refractivity contribution in [3.63, 3.8) is 0 Å². The third-order valence-corrected chi connectivity index (χ3v) is 8.06. The Morgan fingerprint density at radius 1 is 1.00 bits per heavy atom. The van der Waals surface area contributed by atoms with Crippen LogP contribution in [0.25, 0.3) is 0 Å². The van der Waals surface area contributed by atoms with Gasteiger partial charge in [-0.05, 0) is 73.5 Å². The lowest BCUT2D eigenvalue weighted by atomic mass is 9.47. The van der Waals surface area contributed by atoms with E-state index in [1.807, 2.05) is 0 Å². The lowest BCUT2D eigenvalue weighted by Gasteiger charge is -2.58. The van der Waals surface area contributed by atoms with Crippen LogP contribution in [0.3, 0.4) is 0 Å². The molecule has 0 radical (unpaired) electrons. The summed E-state index contributed by atoms with van der Waals surface area (Å²) in [6.07, 6.45) is 8.00. The SMILES string of the molecule is C[C@]12CC[C@H]3[C@@H](CCC4=C[C@@H](O)CC[C@@]43C)[C@@H]1C[C@H](O)[C@@H]2O. The van der Waals surface area contributed by atoms with E-state index in [1.165, 1.54) is 12.0 Å². The number of allylic oxidation sites excluding steroid dienone is 1. The summed E-state index contributed by atoms with van der Waals surface area (Å²) >= 11 is 0. The molecule has 0 bridgehead atoms. The topological polar surface area (TPSA) is 60.7 Å². The molecule has 4 rings (SSSR count). The second-order valence-corrected chi connectivity index (χ2v) is 8.92. The van der Waals surface area contributed by atoms with E-state index in [-0.39, 0.29) is 16.9 Å². The average Bonchev–Trinajstić information content (AvgIpc) is 2.72. The standard InChI is InChI=1S/C19H30O3/c1-18-7-5-12(20)9-11(18)3-4-13-14(18)6-8-19(2)15(13)10-16(21)17(19)22/h9,12-17,20-22H,3-8,10H2,1-2H3/t12-,13+,14-,15-,16-,17-,18-,19-/m0/s1. The first-order valence-electron chi connectivity index (χ1n) is 9.11. The maximum absolute atomic E-state index is 10.5. The molecule has 4 aliphatic rings. The number of hydrogen-bond donors (Lipinski definition) is 3. The minimum atomic E-state index is -0.545. The first-order valence-corrected chi connectivity index (χ1v) is 9.11. The molecule has 8 atom stereocenters. The Morgan fingerprint density at radius 2 is 1.77 bits per heavy atom. The van der Waals surface area contributed by atoms with Crippen LogP contribution in [0, 0.1) is 28.6 Å². The molecule has 0 aromatic carbocycles. The number of rotatable bonds is 0. The van der Waals surface area contributed by atoms with E-state index < -0.39 is 12.2 Å². The first-order chi connectivity index (χ1) is 10.4. The van der Waals surface area contributed by atoms with Crippen LogP contribution in [-0.2, 0) is 0 Å². The van der Waals surface area contributed by atoms with Crippen molar-refractivity contribution >= 4 is 0 Å². The maximum Gasteiger partial charge on any atom is 0.0855 e. The van der Waals surface area contributed by atoms with E-state index in [2.05, 4.69) is 19.9 Å². The molecule has 3 saturated carbocycles. The molecule has 22 heavy (non-hydrogen) atoms. The second-order valence-electron chi connectivity index (χ2n) is 8.92. The van der Waals surface area contributed by atoms with Crippen molar-refractivity contribution in [2.45, 2.75) is 77.1 Å². The molecule has 4 aliphatic carbocycles. The van der Waals surface area contributed by atoms with E-state index in [0.29, 0.717) is 17.8 Å². The lowest BCUT2D eigenvalue weighted by Crippen LogP contribution is -2.51. The van der Waals surface area contributed by atoms with Gasteiger partial charge in [-0.1, -0.05) is 25.5 Å². The van der Waals surface area contributed by atoms with Gasteiger partial charge in [0.1, 0.15) is 0 Å². The Bertz CT molecular complexity index is 501. The van der Waals surface area contributed by atoms with E-state index >= 15 is 0 Å². The fraction of sp³-hybridized carbons (Fsp3) is 0.895. The lowest BCUT2D eigenvalue weighted by molar-refractivity contribution is -0.0856. The molecular formula is C19H30O3. The van der Waals surface area contributed by atoms with Gasteiger partial charge in [0, 0.05) is 0 Å². The second kappa shape index (κ2) is 4.81. The van der Waals surface area contributed by atoms with Crippen LogP contribution >= 0.6 is 0 Å². The summed E-state index contributed by atoms with van der Waals surface area (Å²) in [6, 6.07) is 0. The Labute approximate surface area is 133 Å². The summed E-state index contributed by atoms with van der Waals surface area (Å²) in [7, 11) is 0. The number of aliphatic hydroxyl groups excluding tert-OH is 3. The summed E-state index contributed by atoms with van der Waals surface area (Å²) in [5.74, 6) is 1.75. The molecule has 0 aromatic rings. The molecule has 0 aliphatic heterocycles. The van der Waals surface area contributed by atoms with Gasteiger partial charge in [-0.2, -0.15) is 0 Å². The van der Waals surface area contributed by atoms with Crippen LogP contribution in [0.2, 0.25) is 0 Å². The molecule has 0 amide bonds.